The molecule has 1 atom stereocenters. The maximum Gasteiger partial charge on any atom is 0.255 e. The lowest BCUT2D eigenvalue weighted by Crippen LogP contribution is -2.20. The summed E-state index contributed by atoms with van der Waals surface area (Å²) in [6, 6.07) is 0. The third-order valence-electron chi connectivity index (χ3n) is 2.35. The fraction of sp³-hybridized carbons (Fsp3) is 0.556. The molecule has 2 rings (SSSR count). The molecule has 1 aromatic heterocycles. The topological polar surface area (TPSA) is 81.0 Å². The molecule has 3 N–H and O–H groups in total. The van der Waals surface area contributed by atoms with E-state index in [1.807, 2.05) is 0 Å². The number of hydrogen-bond donors (Lipinski definition) is 2. The van der Waals surface area contributed by atoms with Crippen LogP contribution in [-0.2, 0) is 11.3 Å². The van der Waals surface area contributed by atoms with Crippen molar-refractivity contribution in [2.24, 2.45) is 5.73 Å². The van der Waals surface area contributed by atoms with Crippen LogP contribution in [0.2, 0.25) is 0 Å². The second-order valence-corrected chi connectivity index (χ2v) is 3.33. The predicted molar refractivity (Wildman–Crippen MR) is 50.7 cm³/mol. The average molecular weight is 195 g/mol. The molecule has 0 spiro atoms. The van der Waals surface area contributed by atoms with E-state index in [0.29, 0.717) is 11.4 Å². The van der Waals surface area contributed by atoms with Gasteiger partial charge in [0, 0.05) is 24.9 Å². The number of aromatic nitrogens is 2. The summed E-state index contributed by atoms with van der Waals surface area (Å²) in [7, 11) is 0. The lowest BCUT2D eigenvalue weighted by molar-refractivity contribution is 0.105. The van der Waals surface area contributed by atoms with Gasteiger partial charge in [0.15, 0.2) is 0 Å². The highest BCUT2D eigenvalue weighted by molar-refractivity contribution is 5.06. The Labute approximate surface area is 81.3 Å². The molecule has 1 aromatic rings. The first-order chi connectivity index (χ1) is 6.81. The van der Waals surface area contributed by atoms with Crippen LogP contribution < -0.4 is 11.3 Å². The standard InChI is InChI=1S/C9H13N3O2/c10-4-6-5-11-8(12-9(6)13)7-2-1-3-14-7/h5,7H,1-4,10H2,(H,11,12,13). The van der Waals surface area contributed by atoms with E-state index in [-0.39, 0.29) is 18.2 Å². The third-order valence-corrected chi connectivity index (χ3v) is 2.35. The first kappa shape index (κ1) is 9.36. The van der Waals surface area contributed by atoms with E-state index in [2.05, 4.69) is 9.97 Å². The van der Waals surface area contributed by atoms with Crippen LogP contribution >= 0.6 is 0 Å². The monoisotopic (exact) mass is 195 g/mol. The molecule has 0 bridgehead atoms. The lowest BCUT2D eigenvalue weighted by atomic mass is 10.2. The van der Waals surface area contributed by atoms with Gasteiger partial charge in [0.25, 0.3) is 5.56 Å². The summed E-state index contributed by atoms with van der Waals surface area (Å²) in [5.74, 6) is 0.615. The molecule has 0 amide bonds. The summed E-state index contributed by atoms with van der Waals surface area (Å²) in [4.78, 5) is 18.2. The Kier molecular flexibility index (Phi) is 2.60. The van der Waals surface area contributed by atoms with Crippen LogP contribution in [0.1, 0.15) is 30.3 Å². The van der Waals surface area contributed by atoms with Crippen molar-refractivity contribution < 1.29 is 4.74 Å². The number of nitrogens with two attached hydrogens (primary N) is 1. The van der Waals surface area contributed by atoms with Gasteiger partial charge in [-0.05, 0) is 12.8 Å². The Morgan fingerprint density at radius 2 is 2.57 bits per heavy atom. The third kappa shape index (κ3) is 1.69. The Bertz CT molecular complexity index is 369. The van der Waals surface area contributed by atoms with Gasteiger partial charge in [-0.25, -0.2) is 4.98 Å². The molecule has 2 heterocycles. The minimum Gasteiger partial charge on any atom is -0.370 e. The number of H-pyrrole nitrogens is 1. The Balaban J connectivity index is 2.27. The molecule has 1 fully saturated rings. The van der Waals surface area contributed by atoms with Crippen molar-refractivity contribution in [2.75, 3.05) is 6.61 Å². The van der Waals surface area contributed by atoms with Gasteiger partial charge in [-0.3, -0.25) is 4.79 Å². The molecule has 5 heteroatoms. The van der Waals surface area contributed by atoms with E-state index in [0.717, 1.165) is 19.4 Å². The van der Waals surface area contributed by atoms with Gasteiger partial charge in [-0.15, -0.1) is 0 Å². The van der Waals surface area contributed by atoms with Crippen molar-refractivity contribution in [2.45, 2.75) is 25.5 Å². The maximum absolute atomic E-state index is 11.4. The van der Waals surface area contributed by atoms with E-state index in [1.165, 1.54) is 6.20 Å². The predicted octanol–water partition coefficient (Wildman–Crippen LogP) is 0.0801. The van der Waals surface area contributed by atoms with Gasteiger partial charge < -0.3 is 15.5 Å². The fourth-order valence-corrected chi connectivity index (χ4v) is 1.54. The Morgan fingerprint density at radius 1 is 1.71 bits per heavy atom. The van der Waals surface area contributed by atoms with Crippen LogP contribution in [0.25, 0.3) is 0 Å². The molecule has 1 aliphatic heterocycles. The zero-order valence-corrected chi connectivity index (χ0v) is 7.82. The van der Waals surface area contributed by atoms with Gasteiger partial charge in [0.05, 0.1) is 0 Å². The van der Waals surface area contributed by atoms with Crippen molar-refractivity contribution in [3.05, 3.63) is 27.9 Å². The van der Waals surface area contributed by atoms with E-state index in [9.17, 15) is 4.79 Å². The zero-order chi connectivity index (χ0) is 9.97. The summed E-state index contributed by atoms with van der Waals surface area (Å²) >= 11 is 0. The normalized spacial score (nSPS) is 21.4. The van der Waals surface area contributed by atoms with E-state index in [1.54, 1.807) is 0 Å². The van der Waals surface area contributed by atoms with Gasteiger partial charge >= 0.3 is 0 Å². The van der Waals surface area contributed by atoms with Gasteiger partial charge in [0.2, 0.25) is 0 Å². The first-order valence-corrected chi connectivity index (χ1v) is 4.71. The maximum atomic E-state index is 11.4. The molecule has 1 unspecified atom stereocenters. The second kappa shape index (κ2) is 3.89. The lowest BCUT2D eigenvalue weighted by Gasteiger charge is -2.07. The first-order valence-electron chi connectivity index (χ1n) is 4.71. The van der Waals surface area contributed by atoms with E-state index < -0.39 is 0 Å². The summed E-state index contributed by atoms with van der Waals surface area (Å²) < 4.78 is 5.40. The molecular formula is C9H13N3O2. The van der Waals surface area contributed by atoms with Crippen LogP contribution in [-0.4, -0.2) is 16.6 Å². The number of nitrogens with one attached hydrogen (secondary N) is 1. The molecule has 0 radical (unpaired) electrons. The highest BCUT2D eigenvalue weighted by Crippen LogP contribution is 2.24. The molecule has 1 aliphatic rings. The van der Waals surface area contributed by atoms with Crippen molar-refractivity contribution >= 4 is 0 Å². The van der Waals surface area contributed by atoms with Crippen LogP contribution in [0.3, 0.4) is 0 Å². The average Bonchev–Trinajstić information content (AvgIpc) is 2.70. The fourth-order valence-electron chi connectivity index (χ4n) is 1.54. The number of aromatic amines is 1. The molecule has 76 valence electrons. The summed E-state index contributed by atoms with van der Waals surface area (Å²) in [6.45, 7) is 0.959. The van der Waals surface area contributed by atoms with Crippen LogP contribution in [0.15, 0.2) is 11.0 Å². The Morgan fingerprint density at radius 3 is 3.14 bits per heavy atom. The summed E-state index contributed by atoms with van der Waals surface area (Å²) in [6.07, 6.45) is 3.42. The minimum absolute atomic E-state index is 0.0467. The number of nitrogens with zero attached hydrogens (tertiary/aromatic N) is 1. The minimum atomic E-state index is -0.159. The van der Waals surface area contributed by atoms with Crippen molar-refractivity contribution in [1.29, 1.82) is 0 Å². The van der Waals surface area contributed by atoms with Crippen molar-refractivity contribution in [3.8, 4) is 0 Å². The smallest absolute Gasteiger partial charge is 0.255 e. The highest BCUT2D eigenvalue weighted by Gasteiger charge is 2.19. The molecular weight excluding hydrogens is 182 g/mol. The molecule has 5 nitrogen and oxygen atoms in total. The Hall–Kier alpha value is -1.20. The van der Waals surface area contributed by atoms with Crippen LogP contribution in [0.4, 0.5) is 0 Å². The SMILES string of the molecule is NCc1cnc(C2CCCO2)[nH]c1=O. The van der Waals surface area contributed by atoms with Gasteiger partial charge in [-0.2, -0.15) is 0 Å². The van der Waals surface area contributed by atoms with Crippen molar-refractivity contribution in [1.82, 2.24) is 9.97 Å². The van der Waals surface area contributed by atoms with E-state index in [4.69, 9.17) is 10.5 Å². The van der Waals surface area contributed by atoms with Crippen molar-refractivity contribution in [3.63, 3.8) is 0 Å². The quantitative estimate of drug-likeness (QED) is 0.700. The summed E-state index contributed by atoms with van der Waals surface area (Å²) in [5, 5.41) is 0. The number of hydrogen-bond acceptors (Lipinski definition) is 4. The van der Waals surface area contributed by atoms with Crippen LogP contribution in [0.5, 0.6) is 0 Å². The molecule has 1 saturated heterocycles. The largest absolute Gasteiger partial charge is 0.370 e. The van der Waals surface area contributed by atoms with E-state index >= 15 is 0 Å². The second-order valence-electron chi connectivity index (χ2n) is 3.33. The molecule has 14 heavy (non-hydrogen) atoms. The molecule has 0 aromatic carbocycles. The zero-order valence-electron chi connectivity index (χ0n) is 7.82. The molecule has 0 aliphatic carbocycles. The molecule has 0 saturated carbocycles. The van der Waals surface area contributed by atoms with Crippen LogP contribution in [0, 0.1) is 0 Å². The van der Waals surface area contributed by atoms with Gasteiger partial charge in [-0.1, -0.05) is 0 Å². The number of ether oxygens (including phenoxy) is 1. The highest BCUT2D eigenvalue weighted by atomic mass is 16.5. The number of rotatable bonds is 2. The van der Waals surface area contributed by atoms with Gasteiger partial charge in [0.1, 0.15) is 11.9 Å². The summed E-state index contributed by atoms with van der Waals surface area (Å²) in [5.41, 5.74) is 5.71.